The summed E-state index contributed by atoms with van der Waals surface area (Å²) in [5.41, 5.74) is 0. The second kappa shape index (κ2) is 6.40. The summed E-state index contributed by atoms with van der Waals surface area (Å²) in [7, 11) is 1.65. The topological polar surface area (TPSA) is 38.3 Å². The lowest BCUT2D eigenvalue weighted by atomic mass is 10.1. The molecule has 3 nitrogen and oxygen atoms in total. The molecule has 0 spiro atoms. The highest BCUT2D eigenvalue weighted by molar-refractivity contribution is 5.76. The second-order valence-electron chi connectivity index (χ2n) is 3.67. The van der Waals surface area contributed by atoms with Gasteiger partial charge in [-0.2, -0.15) is 0 Å². The van der Waals surface area contributed by atoms with Crippen LogP contribution in [0.3, 0.4) is 0 Å². The van der Waals surface area contributed by atoms with Crippen LogP contribution in [0.1, 0.15) is 26.2 Å². The maximum Gasteiger partial charge on any atom is 0.220 e. The number of hydrogen-bond donors (Lipinski definition) is 1. The van der Waals surface area contributed by atoms with Crippen LogP contribution >= 0.6 is 0 Å². The van der Waals surface area contributed by atoms with Gasteiger partial charge in [0.2, 0.25) is 5.91 Å². The van der Waals surface area contributed by atoms with Gasteiger partial charge in [-0.1, -0.05) is 37.6 Å². The van der Waals surface area contributed by atoms with E-state index >= 15 is 0 Å². The Morgan fingerprint density at radius 3 is 2.80 bits per heavy atom. The van der Waals surface area contributed by atoms with Crippen molar-refractivity contribution in [3.8, 4) is 0 Å². The summed E-state index contributed by atoms with van der Waals surface area (Å²) in [6.45, 7) is 2.08. The molecular formula is C12H19NO2. The van der Waals surface area contributed by atoms with Crippen molar-refractivity contribution < 1.29 is 9.53 Å². The third kappa shape index (κ3) is 3.88. The minimum absolute atomic E-state index is 0.0237. The van der Waals surface area contributed by atoms with Crippen LogP contribution in [-0.2, 0) is 9.53 Å². The third-order valence-corrected chi connectivity index (χ3v) is 2.44. The van der Waals surface area contributed by atoms with Crippen LogP contribution in [0.2, 0.25) is 0 Å². The van der Waals surface area contributed by atoms with Gasteiger partial charge in [0.25, 0.3) is 0 Å². The van der Waals surface area contributed by atoms with E-state index < -0.39 is 0 Å². The first kappa shape index (κ1) is 12.0. The lowest BCUT2D eigenvalue weighted by molar-refractivity contribution is -0.122. The molecule has 0 aromatic rings. The van der Waals surface area contributed by atoms with Gasteiger partial charge in [0.15, 0.2) is 0 Å². The van der Waals surface area contributed by atoms with E-state index in [9.17, 15) is 4.79 Å². The highest BCUT2D eigenvalue weighted by Crippen LogP contribution is 2.08. The van der Waals surface area contributed by atoms with Crippen molar-refractivity contribution >= 4 is 5.91 Å². The van der Waals surface area contributed by atoms with E-state index in [-0.39, 0.29) is 18.1 Å². The van der Waals surface area contributed by atoms with E-state index in [2.05, 4.69) is 12.2 Å². The predicted octanol–water partition coefficient (Wildman–Crippen LogP) is 1.80. The molecule has 0 saturated carbocycles. The van der Waals surface area contributed by atoms with E-state index in [0.717, 1.165) is 12.8 Å². The largest absolute Gasteiger partial charge is 0.375 e. The van der Waals surface area contributed by atoms with Gasteiger partial charge < -0.3 is 10.1 Å². The van der Waals surface area contributed by atoms with Crippen LogP contribution < -0.4 is 5.32 Å². The zero-order valence-electron chi connectivity index (χ0n) is 9.40. The van der Waals surface area contributed by atoms with Crippen LogP contribution in [0, 0.1) is 0 Å². The smallest absolute Gasteiger partial charge is 0.220 e. The minimum Gasteiger partial charge on any atom is -0.375 e. The minimum atomic E-state index is -0.0411. The molecule has 0 aliphatic heterocycles. The molecule has 1 amide bonds. The number of hydrogen-bond acceptors (Lipinski definition) is 2. The SMILES string of the molecule is CCCCC(=O)NC1C=CC=CC1OC. The molecule has 2 unspecified atom stereocenters. The van der Waals surface area contributed by atoms with Gasteiger partial charge in [-0.25, -0.2) is 0 Å². The van der Waals surface area contributed by atoms with Gasteiger partial charge >= 0.3 is 0 Å². The number of carbonyl (C=O) groups is 1. The normalized spacial score (nSPS) is 24.1. The Morgan fingerprint density at radius 2 is 2.13 bits per heavy atom. The van der Waals surface area contributed by atoms with Gasteiger partial charge in [0.05, 0.1) is 12.1 Å². The lowest BCUT2D eigenvalue weighted by Crippen LogP contribution is -2.42. The molecule has 2 atom stereocenters. The molecule has 1 N–H and O–H groups in total. The summed E-state index contributed by atoms with van der Waals surface area (Å²) in [5.74, 6) is 0.101. The summed E-state index contributed by atoms with van der Waals surface area (Å²) in [5, 5.41) is 2.95. The fourth-order valence-corrected chi connectivity index (χ4v) is 1.54. The van der Waals surface area contributed by atoms with Crippen LogP contribution in [0.15, 0.2) is 24.3 Å². The molecule has 1 aliphatic carbocycles. The first-order chi connectivity index (χ1) is 7.27. The van der Waals surface area contributed by atoms with E-state index in [1.54, 1.807) is 7.11 Å². The quantitative estimate of drug-likeness (QED) is 0.750. The van der Waals surface area contributed by atoms with Crippen molar-refractivity contribution in [2.24, 2.45) is 0 Å². The van der Waals surface area contributed by atoms with Gasteiger partial charge in [-0.15, -0.1) is 0 Å². The zero-order chi connectivity index (χ0) is 11.1. The number of ether oxygens (including phenoxy) is 1. The molecular weight excluding hydrogens is 190 g/mol. The summed E-state index contributed by atoms with van der Waals surface area (Å²) in [6, 6.07) is -0.0237. The van der Waals surface area contributed by atoms with Gasteiger partial charge in [-0.3, -0.25) is 4.79 Å². The van der Waals surface area contributed by atoms with Crippen molar-refractivity contribution in [3.63, 3.8) is 0 Å². The molecule has 0 aromatic heterocycles. The van der Waals surface area contributed by atoms with Crippen LogP contribution in [0.5, 0.6) is 0 Å². The molecule has 0 fully saturated rings. The Bertz CT molecular complexity index is 258. The van der Waals surface area contributed by atoms with Crippen LogP contribution in [-0.4, -0.2) is 25.2 Å². The number of allylic oxidation sites excluding steroid dienone is 2. The summed E-state index contributed by atoms with van der Waals surface area (Å²) >= 11 is 0. The maximum absolute atomic E-state index is 11.5. The highest BCUT2D eigenvalue weighted by Gasteiger charge is 2.19. The molecule has 0 radical (unpaired) electrons. The third-order valence-electron chi connectivity index (χ3n) is 2.44. The van der Waals surface area contributed by atoms with Gasteiger partial charge in [0.1, 0.15) is 0 Å². The molecule has 0 aromatic carbocycles. The second-order valence-corrected chi connectivity index (χ2v) is 3.67. The van der Waals surface area contributed by atoms with E-state index in [1.807, 2.05) is 24.3 Å². The molecule has 0 saturated heterocycles. The van der Waals surface area contributed by atoms with E-state index in [1.165, 1.54) is 0 Å². The molecule has 15 heavy (non-hydrogen) atoms. The lowest BCUT2D eigenvalue weighted by Gasteiger charge is -2.23. The predicted molar refractivity (Wildman–Crippen MR) is 60.5 cm³/mol. The van der Waals surface area contributed by atoms with Crippen molar-refractivity contribution in [2.75, 3.05) is 7.11 Å². The molecule has 1 rings (SSSR count). The summed E-state index contributed by atoms with van der Waals surface area (Å²) in [4.78, 5) is 11.5. The van der Waals surface area contributed by atoms with Crippen molar-refractivity contribution in [1.82, 2.24) is 5.32 Å². The highest BCUT2D eigenvalue weighted by atomic mass is 16.5. The van der Waals surface area contributed by atoms with Crippen molar-refractivity contribution in [1.29, 1.82) is 0 Å². The molecule has 3 heteroatoms. The number of rotatable bonds is 5. The number of carbonyl (C=O) groups excluding carboxylic acids is 1. The molecule has 84 valence electrons. The molecule has 0 bridgehead atoms. The number of unbranched alkanes of at least 4 members (excludes halogenated alkanes) is 1. The Morgan fingerprint density at radius 1 is 1.40 bits per heavy atom. The van der Waals surface area contributed by atoms with E-state index in [0.29, 0.717) is 6.42 Å². The standard InChI is InChI=1S/C12H19NO2/c1-3-4-9-12(14)13-10-7-5-6-8-11(10)15-2/h5-8,10-11H,3-4,9H2,1-2H3,(H,13,14). The summed E-state index contributed by atoms with van der Waals surface area (Å²) in [6.07, 6.45) is 10.3. The zero-order valence-corrected chi connectivity index (χ0v) is 9.40. The average Bonchev–Trinajstić information content (AvgIpc) is 2.27. The van der Waals surface area contributed by atoms with E-state index in [4.69, 9.17) is 4.74 Å². The molecule has 1 aliphatic rings. The van der Waals surface area contributed by atoms with Crippen molar-refractivity contribution in [3.05, 3.63) is 24.3 Å². The Balaban J connectivity index is 2.39. The monoisotopic (exact) mass is 209 g/mol. The fraction of sp³-hybridized carbons (Fsp3) is 0.583. The van der Waals surface area contributed by atoms with Gasteiger partial charge in [-0.05, 0) is 6.42 Å². The van der Waals surface area contributed by atoms with Crippen molar-refractivity contribution in [2.45, 2.75) is 38.3 Å². The Hall–Kier alpha value is -1.09. The number of nitrogens with one attached hydrogen (secondary N) is 1. The Kier molecular flexibility index (Phi) is 5.12. The Labute approximate surface area is 91.2 Å². The summed E-state index contributed by atoms with van der Waals surface area (Å²) < 4.78 is 5.26. The first-order valence-electron chi connectivity index (χ1n) is 5.45. The fourth-order valence-electron chi connectivity index (χ4n) is 1.54. The average molecular weight is 209 g/mol. The molecule has 0 heterocycles. The number of methoxy groups -OCH3 is 1. The number of amides is 1. The first-order valence-corrected chi connectivity index (χ1v) is 5.45. The van der Waals surface area contributed by atoms with Crippen LogP contribution in [0.25, 0.3) is 0 Å². The maximum atomic E-state index is 11.5. The van der Waals surface area contributed by atoms with Crippen LogP contribution in [0.4, 0.5) is 0 Å². The van der Waals surface area contributed by atoms with Gasteiger partial charge in [0, 0.05) is 13.5 Å².